The average molecular weight is 278 g/mol. The minimum atomic E-state index is 0.405. The van der Waals surface area contributed by atoms with Gasteiger partial charge in [0.1, 0.15) is 5.82 Å². The summed E-state index contributed by atoms with van der Waals surface area (Å²) < 4.78 is 1.96. The first-order valence-electron chi connectivity index (χ1n) is 7.90. The highest BCUT2D eigenvalue weighted by Crippen LogP contribution is 2.36. The second-order valence-electron chi connectivity index (χ2n) is 7.14. The van der Waals surface area contributed by atoms with E-state index in [1.54, 1.807) is 0 Å². The summed E-state index contributed by atoms with van der Waals surface area (Å²) in [7, 11) is 2.01. The van der Waals surface area contributed by atoms with Gasteiger partial charge in [-0.3, -0.25) is 4.68 Å². The van der Waals surface area contributed by atoms with E-state index < -0.39 is 0 Å². The monoisotopic (exact) mass is 278 g/mol. The zero-order chi connectivity index (χ0) is 14.9. The molecule has 1 saturated heterocycles. The van der Waals surface area contributed by atoms with Crippen LogP contribution in [0, 0.1) is 11.3 Å². The molecule has 1 atom stereocenters. The molecule has 0 bridgehead atoms. The smallest absolute Gasteiger partial charge is 0.150 e. The molecule has 0 saturated carbocycles. The predicted molar refractivity (Wildman–Crippen MR) is 86.0 cm³/mol. The van der Waals surface area contributed by atoms with Crippen molar-refractivity contribution in [2.45, 2.75) is 53.4 Å². The Morgan fingerprint density at radius 1 is 1.25 bits per heavy atom. The molecule has 4 nitrogen and oxygen atoms in total. The normalized spacial score (nSPS) is 21.1. The van der Waals surface area contributed by atoms with Crippen molar-refractivity contribution in [3.8, 4) is 0 Å². The van der Waals surface area contributed by atoms with Crippen LogP contribution in [0.25, 0.3) is 0 Å². The third-order valence-electron chi connectivity index (χ3n) is 4.72. The van der Waals surface area contributed by atoms with E-state index in [4.69, 9.17) is 5.73 Å². The van der Waals surface area contributed by atoms with E-state index in [0.717, 1.165) is 42.6 Å². The van der Waals surface area contributed by atoms with E-state index in [1.165, 1.54) is 19.3 Å². The zero-order valence-corrected chi connectivity index (χ0v) is 13.7. The molecule has 2 rings (SSSR count). The largest absolute Gasteiger partial charge is 0.394 e. The lowest BCUT2D eigenvalue weighted by atomic mass is 9.77. The number of nitrogens with zero attached hydrogens (tertiary/aromatic N) is 3. The van der Waals surface area contributed by atoms with Crippen LogP contribution in [-0.4, -0.2) is 22.9 Å². The molecule has 1 fully saturated rings. The molecule has 0 amide bonds. The number of rotatable bonds is 2. The van der Waals surface area contributed by atoms with Crippen molar-refractivity contribution in [1.29, 1.82) is 0 Å². The molecule has 1 aliphatic rings. The van der Waals surface area contributed by atoms with Crippen molar-refractivity contribution in [2.75, 3.05) is 23.7 Å². The molecule has 4 heteroatoms. The fourth-order valence-corrected chi connectivity index (χ4v) is 3.40. The van der Waals surface area contributed by atoms with Crippen molar-refractivity contribution in [1.82, 2.24) is 9.78 Å². The molecule has 0 spiro atoms. The summed E-state index contributed by atoms with van der Waals surface area (Å²) in [6, 6.07) is 0. The number of hydrogen-bond donors (Lipinski definition) is 1. The van der Waals surface area contributed by atoms with E-state index in [1.807, 2.05) is 11.7 Å². The molecule has 1 aliphatic heterocycles. The van der Waals surface area contributed by atoms with Crippen LogP contribution >= 0.6 is 0 Å². The summed E-state index contributed by atoms with van der Waals surface area (Å²) in [5, 5.41) is 4.55. The van der Waals surface area contributed by atoms with Crippen LogP contribution in [0.15, 0.2) is 0 Å². The maximum atomic E-state index is 6.29. The standard InChI is InChI=1S/C16H30N4/c1-6-13-14(17)15(19(5)18-13)20-10-7-8-12(9-11-20)16(2,3)4/h12H,6-11,17H2,1-5H3. The van der Waals surface area contributed by atoms with E-state index in [0.29, 0.717) is 5.41 Å². The van der Waals surface area contributed by atoms with Crippen LogP contribution in [-0.2, 0) is 13.5 Å². The molecule has 0 aromatic carbocycles. The van der Waals surface area contributed by atoms with Gasteiger partial charge in [-0.2, -0.15) is 5.10 Å². The van der Waals surface area contributed by atoms with Crippen LogP contribution in [0.1, 0.15) is 52.7 Å². The lowest BCUT2D eigenvalue weighted by Crippen LogP contribution is -2.28. The van der Waals surface area contributed by atoms with E-state index in [2.05, 4.69) is 37.7 Å². The third kappa shape index (κ3) is 2.94. The Morgan fingerprint density at radius 3 is 2.50 bits per heavy atom. The van der Waals surface area contributed by atoms with Gasteiger partial charge in [0.05, 0.1) is 11.4 Å². The fraction of sp³-hybridized carbons (Fsp3) is 0.812. The van der Waals surface area contributed by atoms with E-state index in [-0.39, 0.29) is 0 Å². The van der Waals surface area contributed by atoms with Gasteiger partial charge in [-0.15, -0.1) is 0 Å². The second kappa shape index (κ2) is 5.66. The maximum absolute atomic E-state index is 6.29. The number of anilines is 2. The molecular formula is C16H30N4. The van der Waals surface area contributed by atoms with Gasteiger partial charge in [0.15, 0.2) is 0 Å². The summed E-state index contributed by atoms with van der Waals surface area (Å²) in [5.41, 5.74) is 8.60. The minimum Gasteiger partial charge on any atom is -0.394 e. The summed E-state index contributed by atoms with van der Waals surface area (Å²) in [6.07, 6.45) is 4.71. The van der Waals surface area contributed by atoms with Gasteiger partial charge < -0.3 is 10.6 Å². The van der Waals surface area contributed by atoms with E-state index in [9.17, 15) is 0 Å². The topological polar surface area (TPSA) is 47.1 Å². The fourth-order valence-electron chi connectivity index (χ4n) is 3.40. The number of nitrogen functional groups attached to an aromatic ring is 1. The molecule has 0 aliphatic carbocycles. The Hall–Kier alpha value is -1.19. The van der Waals surface area contributed by atoms with Crippen LogP contribution < -0.4 is 10.6 Å². The Bertz CT molecular complexity index is 456. The summed E-state index contributed by atoms with van der Waals surface area (Å²) in [6.45, 7) is 11.4. The predicted octanol–water partition coefficient (Wildman–Crippen LogP) is 3.22. The Kier molecular flexibility index (Phi) is 4.31. The van der Waals surface area contributed by atoms with Crippen molar-refractivity contribution >= 4 is 11.5 Å². The average Bonchev–Trinajstić information content (AvgIpc) is 2.56. The molecule has 0 radical (unpaired) electrons. The first-order valence-corrected chi connectivity index (χ1v) is 7.90. The highest BCUT2D eigenvalue weighted by atomic mass is 15.4. The molecule has 1 aromatic rings. The van der Waals surface area contributed by atoms with Crippen LogP contribution in [0.4, 0.5) is 11.5 Å². The summed E-state index contributed by atoms with van der Waals surface area (Å²) >= 11 is 0. The van der Waals surface area contributed by atoms with Crippen LogP contribution in [0.3, 0.4) is 0 Å². The molecule has 1 aromatic heterocycles. The molecule has 1 unspecified atom stereocenters. The second-order valence-corrected chi connectivity index (χ2v) is 7.14. The minimum absolute atomic E-state index is 0.405. The first-order chi connectivity index (χ1) is 9.34. The Morgan fingerprint density at radius 2 is 1.95 bits per heavy atom. The first kappa shape index (κ1) is 15.2. The number of aryl methyl sites for hydroxylation is 2. The number of nitrogens with two attached hydrogens (primary N) is 1. The van der Waals surface area contributed by atoms with Crippen LogP contribution in [0.2, 0.25) is 0 Å². The van der Waals surface area contributed by atoms with Gasteiger partial charge >= 0.3 is 0 Å². The molecular weight excluding hydrogens is 248 g/mol. The number of aromatic nitrogens is 2. The Balaban J connectivity index is 2.17. The Labute approximate surface area is 123 Å². The van der Waals surface area contributed by atoms with Gasteiger partial charge in [-0.25, -0.2) is 0 Å². The van der Waals surface area contributed by atoms with Crippen molar-refractivity contribution in [3.05, 3.63) is 5.69 Å². The van der Waals surface area contributed by atoms with Gasteiger partial charge in [0.25, 0.3) is 0 Å². The lowest BCUT2D eigenvalue weighted by Gasteiger charge is -2.30. The van der Waals surface area contributed by atoms with Gasteiger partial charge in [0, 0.05) is 20.1 Å². The van der Waals surface area contributed by atoms with Gasteiger partial charge in [-0.05, 0) is 37.0 Å². The third-order valence-corrected chi connectivity index (χ3v) is 4.72. The maximum Gasteiger partial charge on any atom is 0.150 e. The molecule has 2 heterocycles. The van der Waals surface area contributed by atoms with Gasteiger partial charge in [0.2, 0.25) is 0 Å². The molecule has 2 N–H and O–H groups in total. The zero-order valence-electron chi connectivity index (χ0n) is 13.7. The SMILES string of the molecule is CCc1nn(C)c(N2CCCC(C(C)(C)C)CC2)c1N. The highest BCUT2D eigenvalue weighted by Gasteiger charge is 2.28. The summed E-state index contributed by atoms with van der Waals surface area (Å²) in [4.78, 5) is 2.44. The molecule has 114 valence electrons. The van der Waals surface area contributed by atoms with E-state index >= 15 is 0 Å². The van der Waals surface area contributed by atoms with Crippen molar-refractivity contribution < 1.29 is 0 Å². The lowest BCUT2D eigenvalue weighted by molar-refractivity contribution is 0.220. The van der Waals surface area contributed by atoms with Crippen LogP contribution in [0.5, 0.6) is 0 Å². The van der Waals surface area contributed by atoms with Crippen molar-refractivity contribution in [3.63, 3.8) is 0 Å². The summed E-state index contributed by atoms with van der Waals surface area (Å²) in [5.74, 6) is 1.92. The van der Waals surface area contributed by atoms with Gasteiger partial charge in [-0.1, -0.05) is 27.7 Å². The molecule has 20 heavy (non-hydrogen) atoms. The van der Waals surface area contributed by atoms with Crippen molar-refractivity contribution in [2.24, 2.45) is 18.4 Å². The quantitative estimate of drug-likeness (QED) is 0.903. The number of hydrogen-bond acceptors (Lipinski definition) is 3. The highest BCUT2D eigenvalue weighted by molar-refractivity contribution is 5.66.